The lowest BCUT2D eigenvalue weighted by atomic mass is 9.83. The van der Waals surface area contributed by atoms with E-state index in [0.29, 0.717) is 18.0 Å². The van der Waals surface area contributed by atoms with E-state index in [-0.39, 0.29) is 29.1 Å². The number of fused-ring (bicyclic) bond motifs is 1. The number of rotatable bonds is 4. The smallest absolute Gasteiger partial charge is 0.337 e. The zero-order valence-electron chi connectivity index (χ0n) is 15.2. The Hall–Kier alpha value is -0.853. The summed E-state index contributed by atoms with van der Waals surface area (Å²) in [6.07, 6.45) is 3.18. The van der Waals surface area contributed by atoms with Crippen LogP contribution in [0.1, 0.15) is 33.6 Å². The predicted octanol–water partition coefficient (Wildman–Crippen LogP) is 3.02. The van der Waals surface area contributed by atoms with E-state index in [2.05, 4.69) is 33.9 Å². The Morgan fingerprint density at radius 2 is 2.04 bits per heavy atom. The Labute approximate surface area is 140 Å². The van der Waals surface area contributed by atoms with Gasteiger partial charge >= 0.3 is 5.97 Å². The normalized spacial score (nSPS) is 31.2. The minimum Gasteiger partial charge on any atom is -0.473 e. The van der Waals surface area contributed by atoms with Gasteiger partial charge in [-0.1, -0.05) is 20.8 Å². The fourth-order valence-corrected chi connectivity index (χ4v) is 4.51. The second-order valence-corrected chi connectivity index (χ2v) is 13.0. The summed E-state index contributed by atoms with van der Waals surface area (Å²) in [5.41, 5.74) is 6.60. The topological polar surface area (TPSA) is 70.8 Å². The van der Waals surface area contributed by atoms with Crippen molar-refractivity contribution in [2.24, 2.45) is 23.5 Å². The first-order valence-corrected chi connectivity index (χ1v) is 11.3. The van der Waals surface area contributed by atoms with Crippen molar-refractivity contribution < 1.29 is 18.7 Å². The van der Waals surface area contributed by atoms with Crippen LogP contribution in [0.3, 0.4) is 0 Å². The fourth-order valence-electron chi connectivity index (χ4n) is 3.37. The quantitative estimate of drug-likeness (QED) is 0.629. The van der Waals surface area contributed by atoms with Crippen LogP contribution < -0.4 is 5.73 Å². The lowest BCUT2D eigenvalue weighted by Crippen LogP contribution is -2.49. The Balaban J connectivity index is 2.27. The van der Waals surface area contributed by atoms with Gasteiger partial charge in [-0.3, -0.25) is 0 Å². The van der Waals surface area contributed by atoms with E-state index in [4.69, 9.17) is 19.6 Å². The maximum Gasteiger partial charge on any atom is 0.337 e. The third kappa shape index (κ3) is 3.49. The van der Waals surface area contributed by atoms with Crippen molar-refractivity contribution in [3.63, 3.8) is 0 Å². The molecule has 4 unspecified atom stereocenters. The van der Waals surface area contributed by atoms with Crippen molar-refractivity contribution in [3.8, 4) is 0 Å². The van der Waals surface area contributed by atoms with Crippen LogP contribution in [0, 0.1) is 17.8 Å². The Kier molecular flexibility index (Phi) is 5.28. The summed E-state index contributed by atoms with van der Waals surface area (Å²) in [5, 5.41) is 0.106. The Bertz CT molecular complexity index is 483. The molecule has 2 aliphatic rings. The largest absolute Gasteiger partial charge is 0.473 e. The van der Waals surface area contributed by atoms with E-state index in [1.165, 1.54) is 7.11 Å². The molecule has 1 fully saturated rings. The van der Waals surface area contributed by atoms with Gasteiger partial charge in [0.05, 0.1) is 18.9 Å². The fraction of sp³-hybridized carbons (Fsp3) is 0.824. The lowest BCUT2D eigenvalue weighted by molar-refractivity contribution is -0.142. The van der Waals surface area contributed by atoms with Crippen LogP contribution in [0.2, 0.25) is 18.1 Å². The first kappa shape index (κ1) is 18.5. The predicted molar refractivity (Wildman–Crippen MR) is 92.0 cm³/mol. The lowest BCUT2D eigenvalue weighted by Gasteiger charge is -2.43. The molecule has 0 bridgehead atoms. The summed E-state index contributed by atoms with van der Waals surface area (Å²) < 4.78 is 17.3. The van der Waals surface area contributed by atoms with Crippen LogP contribution in [0.25, 0.3) is 0 Å². The molecule has 4 atom stereocenters. The molecule has 2 N–H and O–H groups in total. The molecular formula is C17H31NO4Si. The highest BCUT2D eigenvalue weighted by Crippen LogP contribution is 2.48. The van der Waals surface area contributed by atoms with Gasteiger partial charge in [0.1, 0.15) is 0 Å². The van der Waals surface area contributed by atoms with Gasteiger partial charge < -0.3 is 19.6 Å². The van der Waals surface area contributed by atoms with Gasteiger partial charge in [-0.25, -0.2) is 4.79 Å². The van der Waals surface area contributed by atoms with Crippen molar-refractivity contribution in [2.45, 2.75) is 58.0 Å². The second kappa shape index (κ2) is 6.57. The van der Waals surface area contributed by atoms with Crippen LogP contribution in [0.5, 0.6) is 0 Å². The molecule has 0 spiro atoms. The van der Waals surface area contributed by atoms with Crippen LogP contribution in [0.15, 0.2) is 11.8 Å². The summed E-state index contributed by atoms with van der Waals surface area (Å²) in [6.45, 7) is 11.7. The van der Waals surface area contributed by atoms with Gasteiger partial charge in [-0.05, 0) is 43.4 Å². The highest BCUT2D eigenvalue weighted by molar-refractivity contribution is 6.74. The number of ether oxygens (including phenoxy) is 2. The van der Waals surface area contributed by atoms with Crippen LogP contribution in [-0.2, 0) is 18.7 Å². The molecule has 23 heavy (non-hydrogen) atoms. The molecule has 6 heteroatoms. The van der Waals surface area contributed by atoms with Gasteiger partial charge in [0.15, 0.2) is 14.6 Å². The van der Waals surface area contributed by atoms with Crippen molar-refractivity contribution >= 4 is 14.3 Å². The maximum atomic E-state index is 12.0. The highest BCUT2D eigenvalue weighted by atomic mass is 28.4. The average Bonchev–Trinajstić information content (AvgIpc) is 2.89. The number of hydrogen-bond acceptors (Lipinski definition) is 5. The minimum absolute atomic E-state index is 0.106. The third-order valence-corrected chi connectivity index (χ3v) is 10.3. The van der Waals surface area contributed by atoms with E-state index >= 15 is 0 Å². The van der Waals surface area contributed by atoms with Crippen molar-refractivity contribution in [3.05, 3.63) is 11.8 Å². The standard InChI is InChI=1S/C17H31NO4Si/c1-17(2,3)23(5,6)22-16-14-11(9-18)7-8-12(14)13(10-21-16)15(19)20-4/h10-12,14,16H,7-9,18H2,1-6H3. The van der Waals surface area contributed by atoms with Crippen molar-refractivity contribution in [1.82, 2.24) is 0 Å². The molecule has 5 nitrogen and oxygen atoms in total. The first-order chi connectivity index (χ1) is 10.6. The minimum atomic E-state index is -1.96. The molecule has 0 saturated heterocycles. The van der Waals surface area contributed by atoms with Crippen LogP contribution in [0.4, 0.5) is 0 Å². The van der Waals surface area contributed by atoms with Gasteiger partial charge in [-0.2, -0.15) is 0 Å². The van der Waals surface area contributed by atoms with Crippen LogP contribution in [-0.4, -0.2) is 34.2 Å². The number of carbonyl (C=O) groups excluding carboxylic acids is 1. The third-order valence-electron chi connectivity index (χ3n) is 5.84. The molecule has 0 amide bonds. The van der Waals surface area contributed by atoms with E-state index in [0.717, 1.165) is 12.8 Å². The van der Waals surface area contributed by atoms with E-state index in [1.807, 2.05) is 0 Å². The van der Waals surface area contributed by atoms with E-state index < -0.39 is 8.32 Å². The molecule has 132 valence electrons. The highest BCUT2D eigenvalue weighted by Gasteiger charge is 2.51. The molecule has 1 aliphatic carbocycles. The summed E-state index contributed by atoms with van der Waals surface area (Å²) in [4.78, 5) is 12.0. The van der Waals surface area contributed by atoms with Gasteiger partial charge in [0, 0.05) is 11.8 Å². The Morgan fingerprint density at radius 1 is 1.39 bits per heavy atom. The average molecular weight is 342 g/mol. The molecule has 1 aliphatic heterocycles. The van der Waals surface area contributed by atoms with Crippen molar-refractivity contribution in [2.75, 3.05) is 13.7 Å². The number of methoxy groups -OCH3 is 1. The molecule has 2 rings (SSSR count). The summed E-state index contributed by atoms with van der Waals surface area (Å²) >= 11 is 0. The van der Waals surface area contributed by atoms with E-state index in [9.17, 15) is 4.79 Å². The zero-order valence-corrected chi connectivity index (χ0v) is 16.2. The number of hydrogen-bond donors (Lipinski definition) is 1. The summed E-state index contributed by atoms with van der Waals surface area (Å²) in [5.74, 6) is 0.277. The van der Waals surface area contributed by atoms with E-state index in [1.54, 1.807) is 6.26 Å². The van der Waals surface area contributed by atoms with Gasteiger partial charge in [-0.15, -0.1) is 0 Å². The number of carbonyl (C=O) groups is 1. The summed E-state index contributed by atoms with van der Waals surface area (Å²) in [7, 11) is -0.555. The molecule has 1 saturated carbocycles. The number of nitrogens with two attached hydrogens (primary N) is 1. The summed E-state index contributed by atoms with van der Waals surface area (Å²) in [6, 6.07) is 0. The number of esters is 1. The SMILES string of the molecule is COC(=O)C1=COC(O[Si](C)(C)C(C)(C)C)C2C(CN)CCC12. The monoisotopic (exact) mass is 341 g/mol. The molecule has 1 heterocycles. The zero-order chi connectivity index (χ0) is 17.4. The first-order valence-electron chi connectivity index (χ1n) is 8.44. The molecule has 0 aromatic carbocycles. The second-order valence-electron chi connectivity index (χ2n) is 8.20. The Morgan fingerprint density at radius 3 is 2.57 bits per heavy atom. The van der Waals surface area contributed by atoms with Gasteiger partial charge in [0.2, 0.25) is 0 Å². The van der Waals surface area contributed by atoms with Crippen LogP contribution >= 0.6 is 0 Å². The molecular weight excluding hydrogens is 310 g/mol. The van der Waals surface area contributed by atoms with Crippen molar-refractivity contribution in [1.29, 1.82) is 0 Å². The van der Waals surface area contributed by atoms with Gasteiger partial charge in [0.25, 0.3) is 0 Å². The maximum absolute atomic E-state index is 12.0. The molecule has 0 aromatic rings. The molecule has 0 aromatic heterocycles. The molecule has 0 radical (unpaired) electrons.